The molecule has 0 saturated carbocycles. The summed E-state index contributed by atoms with van der Waals surface area (Å²) in [6.07, 6.45) is 0.949. The van der Waals surface area contributed by atoms with Crippen molar-refractivity contribution in [3.63, 3.8) is 0 Å². The molecule has 0 aliphatic heterocycles. The fourth-order valence-corrected chi connectivity index (χ4v) is 2.43. The van der Waals surface area contributed by atoms with Gasteiger partial charge in [-0.1, -0.05) is 37.6 Å². The number of carbonyl (C=O) groups is 1. The van der Waals surface area contributed by atoms with Crippen molar-refractivity contribution in [3.05, 3.63) is 58.6 Å². The minimum absolute atomic E-state index is 0.0204. The van der Waals surface area contributed by atoms with E-state index < -0.39 is 0 Å². The van der Waals surface area contributed by atoms with E-state index in [-0.39, 0.29) is 5.78 Å². The van der Waals surface area contributed by atoms with Crippen LogP contribution in [0.5, 0.6) is 11.5 Å². The molecule has 0 N–H and O–H groups in total. The quantitative estimate of drug-likeness (QED) is 0.678. The Balaban J connectivity index is 2.24. The third-order valence-electron chi connectivity index (χ3n) is 3.05. The number of Topliss-reactive ketones (excluding diaryl/α,β-unsaturated/α-hetero) is 1. The first-order valence-electron chi connectivity index (χ1n) is 7.02. The molecule has 0 fully saturated rings. The average molecular weight is 303 g/mol. The van der Waals surface area contributed by atoms with Gasteiger partial charge in [-0.25, -0.2) is 0 Å². The number of hydrogen-bond donors (Lipinski definition) is 0. The molecule has 0 atom stereocenters. The number of ether oxygens (including phenoxy) is 1. The SMILES string of the molecule is CC(=O)c1cccc(Oc2cc(Cl)cc(CC(C)C)c2)c1. The lowest BCUT2D eigenvalue weighted by Crippen LogP contribution is -1.96. The van der Waals surface area contributed by atoms with Crippen molar-refractivity contribution in [2.45, 2.75) is 27.2 Å². The fourth-order valence-electron chi connectivity index (χ4n) is 2.18. The van der Waals surface area contributed by atoms with Crippen molar-refractivity contribution in [3.8, 4) is 11.5 Å². The van der Waals surface area contributed by atoms with E-state index in [2.05, 4.69) is 13.8 Å². The van der Waals surface area contributed by atoms with Crippen LogP contribution in [0.15, 0.2) is 42.5 Å². The average Bonchev–Trinajstić information content (AvgIpc) is 2.37. The third kappa shape index (κ3) is 4.61. The highest BCUT2D eigenvalue weighted by Crippen LogP contribution is 2.27. The Labute approximate surface area is 130 Å². The van der Waals surface area contributed by atoms with Gasteiger partial charge in [-0.3, -0.25) is 4.79 Å². The van der Waals surface area contributed by atoms with Crippen LogP contribution < -0.4 is 4.74 Å². The van der Waals surface area contributed by atoms with Crippen LogP contribution in [-0.4, -0.2) is 5.78 Å². The summed E-state index contributed by atoms with van der Waals surface area (Å²) in [7, 11) is 0. The zero-order valence-electron chi connectivity index (χ0n) is 12.5. The molecule has 0 bridgehead atoms. The van der Waals surface area contributed by atoms with Crippen LogP contribution in [0, 0.1) is 5.92 Å². The number of rotatable bonds is 5. The van der Waals surface area contributed by atoms with Gasteiger partial charge in [-0.05, 0) is 55.2 Å². The molecule has 0 spiro atoms. The van der Waals surface area contributed by atoms with Crippen molar-refractivity contribution in [1.29, 1.82) is 0 Å². The van der Waals surface area contributed by atoms with E-state index >= 15 is 0 Å². The predicted molar refractivity (Wildman–Crippen MR) is 86.5 cm³/mol. The predicted octanol–water partition coefficient (Wildman–Crippen LogP) is 5.53. The van der Waals surface area contributed by atoms with E-state index in [0.717, 1.165) is 12.0 Å². The maximum atomic E-state index is 11.4. The minimum atomic E-state index is 0.0204. The number of hydrogen-bond acceptors (Lipinski definition) is 2. The molecule has 0 radical (unpaired) electrons. The summed E-state index contributed by atoms with van der Waals surface area (Å²) in [6.45, 7) is 5.87. The van der Waals surface area contributed by atoms with Gasteiger partial charge in [-0.15, -0.1) is 0 Å². The molecular formula is C18H19ClO2. The van der Waals surface area contributed by atoms with Gasteiger partial charge in [0.05, 0.1) is 0 Å². The van der Waals surface area contributed by atoms with Gasteiger partial charge in [0.1, 0.15) is 11.5 Å². The first-order chi connectivity index (χ1) is 9.94. The Morgan fingerprint density at radius 3 is 2.57 bits per heavy atom. The van der Waals surface area contributed by atoms with Crippen molar-refractivity contribution in [2.75, 3.05) is 0 Å². The molecule has 3 heteroatoms. The smallest absolute Gasteiger partial charge is 0.159 e. The Kier molecular flexibility index (Phi) is 5.03. The molecule has 0 aliphatic carbocycles. The molecule has 21 heavy (non-hydrogen) atoms. The second kappa shape index (κ2) is 6.77. The normalized spacial score (nSPS) is 10.7. The monoisotopic (exact) mass is 302 g/mol. The third-order valence-corrected chi connectivity index (χ3v) is 3.27. The molecule has 0 saturated heterocycles. The Morgan fingerprint density at radius 1 is 1.14 bits per heavy atom. The van der Waals surface area contributed by atoms with Gasteiger partial charge in [-0.2, -0.15) is 0 Å². The highest BCUT2D eigenvalue weighted by molar-refractivity contribution is 6.30. The van der Waals surface area contributed by atoms with Crippen LogP contribution in [0.3, 0.4) is 0 Å². The van der Waals surface area contributed by atoms with Gasteiger partial charge in [0, 0.05) is 10.6 Å². The lowest BCUT2D eigenvalue weighted by atomic mass is 10.0. The van der Waals surface area contributed by atoms with Gasteiger partial charge in [0.25, 0.3) is 0 Å². The summed E-state index contributed by atoms with van der Waals surface area (Å²) in [6, 6.07) is 12.9. The van der Waals surface area contributed by atoms with E-state index in [1.165, 1.54) is 0 Å². The number of ketones is 1. The lowest BCUT2D eigenvalue weighted by Gasteiger charge is -2.11. The van der Waals surface area contributed by atoms with Crippen LogP contribution in [0.25, 0.3) is 0 Å². The summed E-state index contributed by atoms with van der Waals surface area (Å²) in [5, 5.41) is 0.658. The number of benzene rings is 2. The van der Waals surface area contributed by atoms with Gasteiger partial charge >= 0.3 is 0 Å². The number of carbonyl (C=O) groups excluding carboxylic acids is 1. The second-order valence-corrected chi connectivity index (χ2v) is 6.02. The zero-order chi connectivity index (χ0) is 15.4. The highest BCUT2D eigenvalue weighted by Gasteiger charge is 2.06. The molecule has 2 rings (SSSR count). The van der Waals surface area contributed by atoms with Crippen LogP contribution >= 0.6 is 11.6 Å². The molecule has 0 aromatic heterocycles. The van der Waals surface area contributed by atoms with E-state index in [9.17, 15) is 4.79 Å². The summed E-state index contributed by atoms with van der Waals surface area (Å²) in [4.78, 5) is 11.4. The molecular weight excluding hydrogens is 284 g/mol. The molecule has 2 aromatic rings. The highest BCUT2D eigenvalue weighted by atomic mass is 35.5. The van der Waals surface area contributed by atoms with Gasteiger partial charge < -0.3 is 4.74 Å². The topological polar surface area (TPSA) is 26.3 Å². The van der Waals surface area contributed by atoms with Crippen LogP contribution in [0.2, 0.25) is 5.02 Å². The van der Waals surface area contributed by atoms with E-state index in [4.69, 9.17) is 16.3 Å². The first kappa shape index (κ1) is 15.6. The van der Waals surface area contributed by atoms with E-state index in [1.54, 1.807) is 25.1 Å². The molecule has 0 heterocycles. The molecule has 0 unspecified atom stereocenters. The summed E-state index contributed by atoms with van der Waals surface area (Å²) in [5.74, 6) is 1.91. The van der Waals surface area contributed by atoms with Gasteiger partial charge in [0.15, 0.2) is 5.78 Å². The second-order valence-electron chi connectivity index (χ2n) is 5.58. The van der Waals surface area contributed by atoms with Crippen LogP contribution in [0.4, 0.5) is 0 Å². The Morgan fingerprint density at radius 2 is 1.90 bits per heavy atom. The van der Waals surface area contributed by atoms with Crippen molar-refractivity contribution in [2.24, 2.45) is 5.92 Å². The molecule has 2 aromatic carbocycles. The van der Waals surface area contributed by atoms with Crippen molar-refractivity contribution in [1.82, 2.24) is 0 Å². The molecule has 110 valence electrons. The van der Waals surface area contributed by atoms with Gasteiger partial charge in [0.2, 0.25) is 0 Å². The van der Waals surface area contributed by atoms with E-state index in [0.29, 0.717) is 28.0 Å². The van der Waals surface area contributed by atoms with Crippen LogP contribution in [0.1, 0.15) is 36.7 Å². The Hall–Kier alpha value is -1.80. The van der Waals surface area contributed by atoms with E-state index in [1.807, 2.05) is 24.3 Å². The number of halogens is 1. The van der Waals surface area contributed by atoms with Crippen molar-refractivity contribution < 1.29 is 9.53 Å². The summed E-state index contributed by atoms with van der Waals surface area (Å²) in [5.41, 5.74) is 1.78. The molecule has 0 aliphatic rings. The first-order valence-corrected chi connectivity index (χ1v) is 7.40. The fraction of sp³-hybridized carbons (Fsp3) is 0.278. The maximum Gasteiger partial charge on any atom is 0.159 e. The zero-order valence-corrected chi connectivity index (χ0v) is 13.3. The van der Waals surface area contributed by atoms with Crippen molar-refractivity contribution >= 4 is 17.4 Å². The van der Waals surface area contributed by atoms with Crippen LogP contribution in [-0.2, 0) is 6.42 Å². The Bertz CT molecular complexity index is 647. The molecule has 0 amide bonds. The maximum absolute atomic E-state index is 11.4. The molecule has 2 nitrogen and oxygen atoms in total. The standard InChI is InChI=1S/C18H19ClO2/c1-12(2)7-14-8-16(19)11-18(9-14)21-17-6-4-5-15(10-17)13(3)20/h4-6,8-12H,7H2,1-3H3. The minimum Gasteiger partial charge on any atom is -0.457 e. The summed E-state index contributed by atoms with van der Waals surface area (Å²) >= 11 is 6.15. The summed E-state index contributed by atoms with van der Waals surface area (Å²) < 4.78 is 5.84. The lowest BCUT2D eigenvalue weighted by molar-refractivity contribution is 0.101. The largest absolute Gasteiger partial charge is 0.457 e.